The zero-order chi connectivity index (χ0) is 8.48. The first-order valence-electron chi connectivity index (χ1n) is 3.39. The molecule has 0 aromatic heterocycles. The molecule has 0 aliphatic heterocycles. The Labute approximate surface area is 71.6 Å². The minimum Gasteiger partial charge on any atom is -0.166 e. The van der Waals surface area contributed by atoms with Crippen LogP contribution < -0.4 is 0 Å². The van der Waals surface area contributed by atoms with Gasteiger partial charge in [-0.15, -0.1) is 0 Å². The summed E-state index contributed by atoms with van der Waals surface area (Å²) in [5, 5.41) is -0.0637. The van der Waals surface area contributed by atoms with E-state index in [9.17, 15) is 13.2 Å². The highest BCUT2D eigenvalue weighted by molar-refractivity contribution is 9.09. The minimum atomic E-state index is -4.13. The number of alkyl halides is 4. The maximum Gasteiger partial charge on any atom is 0.413 e. The maximum atomic E-state index is 12.1. The van der Waals surface area contributed by atoms with Crippen molar-refractivity contribution in [1.82, 2.24) is 0 Å². The summed E-state index contributed by atoms with van der Waals surface area (Å²) in [7, 11) is 0. The highest BCUT2D eigenvalue weighted by Crippen LogP contribution is 2.37. The van der Waals surface area contributed by atoms with Crippen LogP contribution in [0.4, 0.5) is 13.2 Å². The molecule has 0 heterocycles. The Morgan fingerprint density at radius 1 is 1.36 bits per heavy atom. The first-order valence-corrected chi connectivity index (χ1v) is 4.52. The van der Waals surface area contributed by atoms with Crippen LogP contribution in [0.25, 0.3) is 0 Å². The van der Waals surface area contributed by atoms with Crippen molar-refractivity contribution in [2.24, 2.45) is 0 Å². The summed E-state index contributed by atoms with van der Waals surface area (Å²) in [6.45, 7) is 0. The van der Waals surface area contributed by atoms with Crippen LogP contribution in [0.3, 0.4) is 0 Å². The van der Waals surface area contributed by atoms with Gasteiger partial charge >= 0.3 is 6.18 Å². The predicted molar refractivity (Wildman–Crippen MR) is 40.7 cm³/mol. The smallest absolute Gasteiger partial charge is 0.166 e. The van der Waals surface area contributed by atoms with Crippen molar-refractivity contribution in [2.75, 3.05) is 5.33 Å². The van der Waals surface area contributed by atoms with Crippen molar-refractivity contribution in [1.29, 1.82) is 0 Å². The predicted octanol–water partition coefficient (Wildman–Crippen LogP) is 3.42. The zero-order valence-corrected chi connectivity index (χ0v) is 7.43. The van der Waals surface area contributed by atoms with Gasteiger partial charge < -0.3 is 0 Å². The molecule has 0 amide bonds. The third-order valence-corrected chi connectivity index (χ3v) is 2.42. The fourth-order valence-corrected chi connectivity index (χ4v) is 1.74. The molecule has 64 valence electrons. The molecule has 0 bridgehead atoms. The quantitative estimate of drug-likeness (QED) is 0.477. The average molecular weight is 229 g/mol. The lowest BCUT2D eigenvalue weighted by molar-refractivity contribution is -0.0922. The lowest BCUT2D eigenvalue weighted by atomic mass is 9.88. The van der Waals surface area contributed by atoms with E-state index in [0.717, 1.165) is 6.42 Å². The van der Waals surface area contributed by atoms with Crippen molar-refractivity contribution < 1.29 is 13.2 Å². The van der Waals surface area contributed by atoms with E-state index in [1.165, 1.54) is 0 Å². The van der Waals surface area contributed by atoms with E-state index in [2.05, 4.69) is 15.9 Å². The third-order valence-electron chi connectivity index (χ3n) is 1.86. The van der Waals surface area contributed by atoms with E-state index in [-0.39, 0.29) is 10.9 Å². The highest BCUT2D eigenvalue weighted by atomic mass is 79.9. The van der Waals surface area contributed by atoms with Crippen molar-refractivity contribution in [2.45, 2.75) is 25.4 Å². The van der Waals surface area contributed by atoms with E-state index in [1.54, 1.807) is 0 Å². The summed E-state index contributed by atoms with van der Waals surface area (Å²) in [4.78, 5) is 0. The van der Waals surface area contributed by atoms with Gasteiger partial charge in [-0.05, 0) is 19.3 Å². The maximum absolute atomic E-state index is 12.1. The molecule has 0 saturated heterocycles. The second kappa shape index (κ2) is 3.17. The topological polar surface area (TPSA) is 0 Å². The third kappa shape index (κ3) is 1.98. The van der Waals surface area contributed by atoms with Gasteiger partial charge in [-0.2, -0.15) is 13.2 Å². The molecule has 0 unspecified atom stereocenters. The lowest BCUT2D eigenvalue weighted by Crippen LogP contribution is -2.18. The van der Waals surface area contributed by atoms with Gasteiger partial charge in [0.05, 0.1) is 0 Å². The number of halogens is 4. The summed E-state index contributed by atoms with van der Waals surface area (Å²) in [6.07, 6.45) is -1.97. The van der Waals surface area contributed by atoms with Crippen LogP contribution in [-0.4, -0.2) is 11.5 Å². The molecule has 0 nitrogen and oxygen atoms in total. The van der Waals surface area contributed by atoms with Gasteiger partial charge in [0.15, 0.2) is 0 Å². The van der Waals surface area contributed by atoms with Crippen LogP contribution in [0.15, 0.2) is 11.1 Å². The van der Waals surface area contributed by atoms with Gasteiger partial charge in [0.25, 0.3) is 0 Å². The van der Waals surface area contributed by atoms with Crippen molar-refractivity contribution in [3.63, 3.8) is 0 Å². The molecule has 0 radical (unpaired) electrons. The van der Waals surface area contributed by atoms with E-state index in [4.69, 9.17) is 0 Å². The van der Waals surface area contributed by atoms with E-state index >= 15 is 0 Å². The van der Waals surface area contributed by atoms with Crippen LogP contribution in [0, 0.1) is 0 Å². The average Bonchev–Trinajstić information content (AvgIpc) is 1.74. The summed E-state index contributed by atoms with van der Waals surface area (Å²) >= 11 is 2.85. The first-order chi connectivity index (χ1) is 5.05. The fourth-order valence-electron chi connectivity index (χ4n) is 1.03. The van der Waals surface area contributed by atoms with Gasteiger partial charge in [0, 0.05) is 10.9 Å². The van der Waals surface area contributed by atoms with E-state index in [1.807, 2.05) is 0 Å². The Hall–Kier alpha value is 0.01000. The van der Waals surface area contributed by atoms with Gasteiger partial charge in [0.1, 0.15) is 0 Å². The van der Waals surface area contributed by atoms with E-state index < -0.39 is 6.18 Å². The molecule has 1 saturated carbocycles. The van der Waals surface area contributed by atoms with Crippen LogP contribution in [0.5, 0.6) is 0 Å². The Bertz CT molecular complexity index is 175. The molecule has 11 heavy (non-hydrogen) atoms. The molecule has 0 aromatic carbocycles. The molecule has 1 aliphatic carbocycles. The van der Waals surface area contributed by atoms with Crippen molar-refractivity contribution in [3.8, 4) is 0 Å². The number of hydrogen-bond donors (Lipinski definition) is 0. The molecule has 0 atom stereocenters. The van der Waals surface area contributed by atoms with Crippen molar-refractivity contribution >= 4 is 15.9 Å². The summed E-state index contributed by atoms with van der Waals surface area (Å²) in [6, 6.07) is 0. The van der Waals surface area contributed by atoms with E-state index in [0.29, 0.717) is 18.4 Å². The molecular formula is C7H8BrF3. The molecule has 1 fully saturated rings. The molecule has 0 spiro atoms. The number of allylic oxidation sites excluding steroid dienone is 2. The Balaban J connectivity index is 2.78. The summed E-state index contributed by atoms with van der Waals surface area (Å²) < 4.78 is 36.3. The summed E-state index contributed by atoms with van der Waals surface area (Å²) in [5.74, 6) is 0. The number of hydrogen-bond acceptors (Lipinski definition) is 0. The van der Waals surface area contributed by atoms with Crippen LogP contribution in [0.2, 0.25) is 0 Å². The minimum absolute atomic E-state index is 0.0637. The zero-order valence-electron chi connectivity index (χ0n) is 5.84. The monoisotopic (exact) mass is 228 g/mol. The normalized spacial score (nSPS) is 18.0. The first kappa shape index (κ1) is 9.10. The molecule has 1 aliphatic rings. The molecular weight excluding hydrogens is 221 g/mol. The van der Waals surface area contributed by atoms with Gasteiger partial charge in [0.2, 0.25) is 0 Å². The highest BCUT2D eigenvalue weighted by Gasteiger charge is 2.36. The fraction of sp³-hybridized carbons (Fsp3) is 0.714. The largest absolute Gasteiger partial charge is 0.413 e. The molecule has 4 heteroatoms. The Kier molecular flexibility index (Phi) is 2.62. The van der Waals surface area contributed by atoms with Crippen LogP contribution in [0.1, 0.15) is 19.3 Å². The van der Waals surface area contributed by atoms with Gasteiger partial charge in [-0.1, -0.05) is 21.5 Å². The lowest BCUT2D eigenvalue weighted by Gasteiger charge is -2.22. The number of rotatable bonds is 1. The van der Waals surface area contributed by atoms with Gasteiger partial charge in [-0.25, -0.2) is 0 Å². The standard InChI is InChI=1S/C7H8BrF3/c8-4-6(7(9,10)11)5-2-1-3-5/h1-4H2. The van der Waals surface area contributed by atoms with Crippen molar-refractivity contribution in [3.05, 3.63) is 11.1 Å². The second-order valence-corrected chi connectivity index (χ2v) is 3.13. The second-order valence-electron chi connectivity index (χ2n) is 2.57. The van der Waals surface area contributed by atoms with Crippen LogP contribution >= 0.6 is 15.9 Å². The SMILES string of the molecule is FC(F)(F)C(CBr)=C1CCC1. The Morgan fingerprint density at radius 3 is 2.00 bits per heavy atom. The Morgan fingerprint density at radius 2 is 1.91 bits per heavy atom. The molecule has 1 rings (SSSR count). The summed E-state index contributed by atoms with van der Waals surface area (Å²) in [5.41, 5.74) is 0.207. The van der Waals surface area contributed by atoms with Crippen LogP contribution in [-0.2, 0) is 0 Å². The molecule has 0 N–H and O–H groups in total. The molecule has 0 aromatic rings. The van der Waals surface area contributed by atoms with Gasteiger partial charge in [-0.3, -0.25) is 0 Å².